The number of hydrogen-bond acceptors (Lipinski definition) is 2. The minimum absolute atomic E-state index is 0.0674. The molecule has 1 N–H and O–H groups in total. The molecule has 0 aliphatic carbocycles. The van der Waals surface area contributed by atoms with E-state index >= 15 is 0 Å². The van der Waals surface area contributed by atoms with E-state index in [1.165, 1.54) is 0 Å². The molecule has 1 fully saturated rings. The molecule has 17 heavy (non-hydrogen) atoms. The third-order valence-electron chi connectivity index (χ3n) is 3.24. The van der Waals surface area contributed by atoms with Gasteiger partial charge in [0.05, 0.1) is 0 Å². The number of nitrogens with zero attached hydrogens (tertiary/aromatic N) is 1. The highest BCUT2D eigenvalue weighted by atomic mass is 16.2. The summed E-state index contributed by atoms with van der Waals surface area (Å²) in [6, 6.07) is 0. The molecule has 1 rings (SSSR count). The van der Waals surface area contributed by atoms with Crippen molar-refractivity contribution in [3.8, 4) is 0 Å². The van der Waals surface area contributed by atoms with Crippen LogP contribution >= 0.6 is 0 Å². The van der Waals surface area contributed by atoms with Gasteiger partial charge in [-0.2, -0.15) is 0 Å². The quantitative estimate of drug-likeness (QED) is 0.821. The average molecular weight is 240 g/mol. The molecule has 0 radical (unpaired) electrons. The van der Waals surface area contributed by atoms with Crippen LogP contribution in [0.25, 0.3) is 0 Å². The van der Waals surface area contributed by atoms with E-state index in [1.54, 1.807) is 0 Å². The largest absolute Gasteiger partial charge is 0.340 e. The maximum Gasteiger partial charge on any atom is 0.222 e. The van der Waals surface area contributed by atoms with Gasteiger partial charge in [0.2, 0.25) is 5.91 Å². The van der Waals surface area contributed by atoms with Crippen LogP contribution in [-0.4, -0.2) is 36.0 Å². The highest BCUT2D eigenvalue weighted by Crippen LogP contribution is 2.22. The van der Waals surface area contributed by atoms with Crippen LogP contribution in [0.15, 0.2) is 0 Å². The average Bonchev–Trinajstić information content (AvgIpc) is 2.13. The fourth-order valence-electron chi connectivity index (χ4n) is 2.28. The summed E-state index contributed by atoms with van der Waals surface area (Å²) in [6.07, 6.45) is 2.83. The van der Waals surface area contributed by atoms with Crippen LogP contribution in [0.4, 0.5) is 0 Å². The molecule has 0 unspecified atom stereocenters. The van der Waals surface area contributed by atoms with Crippen molar-refractivity contribution in [3.05, 3.63) is 0 Å². The third kappa shape index (κ3) is 5.53. The minimum Gasteiger partial charge on any atom is -0.340 e. The van der Waals surface area contributed by atoms with Crippen molar-refractivity contribution < 1.29 is 4.79 Å². The third-order valence-corrected chi connectivity index (χ3v) is 3.24. The first kappa shape index (κ1) is 14.5. The predicted molar refractivity (Wildman–Crippen MR) is 72.0 cm³/mol. The molecule has 1 aliphatic heterocycles. The first-order valence-electron chi connectivity index (χ1n) is 6.72. The highest BCUT2D eigenvalue weighted by Gasteiger charge is 2.28. The van der Waals surface area contributed by atoms with E-state index in [1.807, 2.05) is 4.90 Å². The van der Waals surface area contributed by atoms with Gasteiger partial charge in [0.1, 0.15) is 0 Å². The Morgan fingerprint density at radius 1 is 1.35 bits per heavy atom. The summed E-state index contributed by atoms with van der Waals surface area (Å²) >= 11 is 0. The molecule has 1 aliphatic rings. The van der Waals surface area contributed by atoms with Gasteiger partial charge in [-0.15, -0.1) is 0 Å². The van der Waals surface area contributed by atoms with Gasteiger partial charge in [0.25, 0.3) is 0 Å². The van der Waals surface area contributed by atoms with Crippen LogP contribution in [-0.2, 0) is 4.79 Å². The summed E-state index contributed by atoms with van der Waals surface area (Å²) in [6.45, 7) is 13.6. The zero-order chi connectivity index (χ0) is 13.1. The molecule has 3 nitrogen and oxygen atoms in total. The lowest BCUT2D eigenvalue weighted by Gasteiger charge is -2.39. The monoisotopic (exact) mass is 240 g/mol. The molecular formula is C14H28N2O. The van der Waals surface area contributed by atoms with Crippen LogP contribution < -0.4 is 5.32 Å². The SMILES string of the molecule is CC(C)(C)CCCC(=O)N1CCNC(C)(C)C1. The summed E-state index contributed by atoms with van der Waals surface area (Å²) in [5.74, 6) is 0.323. The van der Waals surface area contributed by atoms with E-state index in [-0.39, 0.29) is 5.54 Å². The number of rotatable bonds is 3. The molecule has 0 atom stereocenters. The van der Waals surface area contributed by atoms with Crippen LogP contribution in [0.1, 0.15) is 53.9 Å². The Balaban J connectivity index is 2.33. The Morgan fingerprint density at radius 2 is 2.00 bits per heavy atom. The number of amides is 1. The smallest absolute Gasteiger partial charge is 0.222 e. The lowest BCUT2D eigenvalue weighted by molar-refractivity contribution is -0.133. The molecule has 100 valence electrons. The Bertz CT molecular complexity index is 266. The fourth-order valence-corrected chi connectivity index (χ4v) is 2.28. The van der Waals surface area contributed by atoms with E-state index in [0.29, 0.717) is 17.7 Å². The Hall–Kier alpha value is -0.570. The van der Waals surface area contributed by atoms with E-state index in [9.17, 15) is 4.79 Å². The molecule has 0 saturated carbocycles. The van der Waals surface area contributed by atoms with Crippen molar-refractivity contribution in [1.29, 1.82) is 0 Å². The Kier molecular flexibility index (Phi) is 4.59. The topological polar surface area (TPSA) is 32.3 Å². The number of nitrogens with one attached hydrogen (secondary N) is 1. The lowest BCUT2D eigenvalue weighted by Crippen LogP contribution is -2.58. The molecule has 0 bridgehead atoms. The van der Waals surface area contributed by atoms with Gasteiger partial charge in [-0.3, -0.25) is 4.79 Å². The van der Waals surface area contributed by atoms with E-state index in [0.717, 1.165) is 32.5 Å². The van der Waals surface area contributed by atoms with Crippen molar-refractivity contribution in [1.82, 2.24) is 10.2 Å². The Morgan fingerprint density at radius 3 is 2.53 bits per heavy atom. The van der Waals surface area contributed by atoms with Gasteiger partial charge in [0, 0.05) is 31.6 Å². The predicted octanol–water partition coefficient (Wildman–Crippen LogP) is 2.41. The van der Waals surface area contributed by atoms with E-state index in [2.05, 4.69) is 39.9 Å². The van der Waals surface area contributed by atoms with Crippen molar-refractivity contribution in [2.75, 3.05) is 19.6 Å². The van der Waals surface area contributed by atoms with Crippen LogP contribution in [0.3, 0.4) is 0 Å². The van der Waals surface area contributed by atoms with Gasteiger partial charge in [-0.25, -0.2) is 0 Å². The van der Waals surface area contributed by atoms with Crippen LogP contribution in [0.5, 0.6) is 0 Å². The zero-order valence-corrected chi connectivity index (χ0v) is 12.1. The highest BCUT2D eigenvalue weighted by molar-refractivity contribution is 5.76. The van der Waals surface area contributed by atoms with Crippen molar-refractivity contribution in [2.45, 2.75) is 59.4 Å². The number of hydrogen-bond donors (Lipinski definition) is 1. The van der Waals surface area contributed by atoms with Gasteiger partial charge in [0.15, 0.2) is 0 Å². The lowest BCUT2D eigenvalue weighted by atomic mass is 9.89. The minimum atomic E-state index is 0.0674. The number of carbonyl (C=O) groups excluding carboxylic acids is 1. The summed E-state index contributed by atoms with van der Waals surface area (Å²) < 4.78 is 0. The van der Waals surface area contributed by atoms with Gasteiger partial charge < -0.3 is 10.2 Å². The van der Waals surface area contributed by atoms with E-state index in [4.69, 9.17) is 0 Å². The molecule has 0 aromatic heterocycles. The second-order valence-corrected chi connectivity index (χ2v) is 7.04. The van der Waals surface area contributed by atoms with Gasteiger partial charge in [-0.1, -0.05) is 20.8 Å². The second kappa shape index (κ2) is 5.38. The summed E-state index contributed by atoms with van der Waals surface area (Å²) in [7, 11) is 0. The molecule has 0 aromatic carbocycles. The molecule has 1 amide bonds. The molecule has 1 saturated heterocycles. The summed E-state index contributed by atoms with van der Waals surface area (Å²) in [5, 5.41) is 3.43. The molecule has 1 heterocycles. The maximum absolute atomic E-state index is 12.1. The number of piperazine rings is 1. The fraction of sp³-hybridized carbons (Fsp3) is 0.929. The van der Waals surface area contributed by atoms with Crippen molar-refractivity contribution >= 4 is 5.91 Å². The number of carbonyl (C=O) groups is 1. The molecule has 3 heteroatoms. The zero-order valence-electron chi connectivity index (χ0n) is 12.1. The summed E-state index contributed by atoms with van der Waals surface area (Å²) in [5.41, 5.74) is 0.404. The van der Waals surface area contributed by atoms with Crippen LogP contribution in [0, 0.1) is 5.41 Å². The Labute approximate surface area is 106 Å². The van der Waals surface area contributed by atoms with Crippen molar-refractivity contribution in [3.63, 3.8) is 0 Å². The summed E-state index contributed by atoms with van der Waals surface area (Å²) in [4.78, 5) is 14.1. The maximum atomic E-state index is 12.1. The molecule has 0 aromatic rings. The normalized spacial score (nSPS) is 20.4. The van der Waals surface area contributed by atoms with Gasteiger partial charge >= 0.3 is 0 Å². The first-order valence-corrected chi connectivity index (χ1v) is 6.72. The second-order valence-electron chi connectivity index (χ2n) is 7.04. The molecule has 0 spiro atoms. The van der Waals surface area contributed by atoms with Gasteiger partial charge in [-0.05, 0) is 32.1 Å². The standard InChI is InChI=1S/C14H28N2O/c1-13(2,3)8-6-7-12(17)16-10-9-15-14(4,5)11-16/h15H,6-11H2,1-5H3. The van der Waals surface area contributed by atoms with Crippen LogP contribution in [0.2, 0.25) is 0 Å². The first-order chi connectivity index (χ1) is 7.70. The molecular weight excluding hydrogens is 212 g/mol. The van der Waals surface area contributed by atoms with E-state index < -0.39 is 0 Å². The van der Waals surface area contributed by atoms with Crippen molar-refractivity contribution in [2.24, 2.45) is 5.41 Å².